The van der Waals surface area contributed by atoms with E-state index in [9.17, 15) is 9.59 Å². The molecule has 0 saturated carbocycles. The van der Waals surface area contributed by atoms with Crippen LogP contribution in [0.2, 0.25) is 0 Å². The Morgan fingerprint density at radius 1 is 1.27 bits per heavy atom. The molecule has 30 heavy (non-hydrogen) atoms. The summed E-state index contributed by atoms with van der Waals surface area (Å²) in [5, 5.41) is 8.81. The van der Waals surface area contributed by atoms with Crippen LogP contribution in [0.1, 0.15) is 57.4 Å². The van der Waals surface area contributed by atoms with Gasteiger partial charge in [-0.2, -0.15) is 0 Å². The van der Waals surface area contributed by atoms with E-state index in [4.69, 9.17) is 4.74 Å². The van der Waals surface area contributed by atoms with E-state index in [0.717, 1.165) is 50.6 Å². The van der Waals surface area contributed by atoms with Crippen LogP contribution >= 0.6 is 22.7 Å². The largest absolute Gasteiger partial charge is 0.383 e. The van der Waals surface area contributed by atoms with E-state index in [2.05, 4.69) is 33.0 Å². The Hall–Kier alpha value is -1.74. The van der Waals surface area contributed by atoms with E-state index in [1.54, 1.807) is 29.8 Å². The van der Waals surface area contributed by atoms with Gasteiger partial charge in [0.05, 0.1) is 18.7 Å². The van der Waals surface area contributed by atoms with Gasteiger partial charge in [-0.05, 0) is 62.1 Å². The van der Waals surface area contributed by atoms with E-state index < -0.39 is 0 Å². The number of carbonyl (C=O) groups is 2. The minimum Gasteiger partial charge on any atom is -0.383 e. The van der Waals surface area contributed by atoms with E-state index >= 15 is 0 Å². The van der Waals surface area contributed by atoms with E-state index in [1.807, 2.05) is 0 Å². The van der Waals surface area contributed by atoms with Crippen LogP contribution in [0.3, 0.4) is 0 Å². The summed E-state index contributed by atoms with van der Waals surface area (Å²) in [6, 6.07) is 4.55. The highest BCUT2D eigenvalue weighted by Gasteiger charge is 2.30. The van der Waals surface area contributed by atoms with Gasteiger partial charge in [0.15, 0.2) is 0 Å². The number of fused-ring (bicyclic) bond motifs is 1. The number of methoxy groups -OCH3 is 1. The maximum Gasteiger partial charge on any atom is 0.254 e. The molecule has 1 aliphatic heterocycles. The summed E-state index contributed by atoms with van der Waals surface area (Å²) in [5.41, 5.74) is 1.78. The van der Waals surface area contributed by atoms with Gasteiger partial charge in [0.25, 0.3) is 5.91 Å². The van der Waals surface area contributed by atoms with Gasteiger partial charge >= 0.3 is 0 Å². The van der Waals surface area contributed by atoms with Crippen LogP contribution in [-0.4, -0.2) is 50.1 Å². The monoisotopic (exact) mass is 447 g/mol. The normalized spacial score (nSPS) is 18.9. The molecular weight excluding hydrogens is 418 g/mol. The topological polar surface area (TPSA) is 70.7 Å². The first kappa shape index (κ1) is 21.5. The highest BCUT2D eigenvalue weighted by Crippen LogP contribution is 2.38. The van der Waals surface area contributed by atoms with Crippen molar-refractivity contribution in [3.63, 3.8) is 0 Å². The minimum absolute atomic E-state index is 0.0389. The molecule has 162 valence electrons. The fraction of sp³-hybridized carbons (Fsp3) is 0.545. The molecule has 8 heteroatoms. The molecule has 1 aliphatic carbocycles. The van der Waals surface area contributed by atoms with Gasteiger partial charge in [0.1, 0.15) is 5.00 Å². The highest BCUT2D eigenvalue weighted by molar-refractivity contribution is 7.17. The molecule has 4 rings (SSSR count). The Bertz CT molecular complexity index is 879. The molecule has 1 saturated heterocycles. The Labute approximate surface area is 185 Å². The summed E-state index contributed by atoms with van der Waals surface area (Å²) >= 11 is 3.33. The van der Waals surface area contributed by atoms with Crippen molar-refractivity contribution in [1.29, 1.82) is 0 Å². The number of aryl methyl sites for hydroxylation is 1. The molecule has 2 N–H and O–H groups in total. The van der Waals surface area contributed by atoms with Crippen molar-refractivity contribution in [2.75, 3.05) is 38.7 Å². The standard InChI is InChI=1S/C22H29N3O3S2/c1-28-12-10-23-21(27)20-15-6-2-3-8-17(15)30-22(20)24-19(26)14-25-11-4-7-16(25)18-9-5-13-29-18/h5,9,13,16H,2-4,6-8,10-12,14H2,1H3,(H,23,27)(H,24,26)/t16-/m0/s1. The maximum atomic E-state index is 12.9. The second kappa shape index (κ2) is 10.0. The quantitative estimate of drug-likeness (QED) is 0.603. The molecule has 2 aromatic rings. The van der Waals surface area contributed by atoms with Crippen LogP contribution in [-0.2, 0) is 22.4 Å². The summed E-state index contributed by atoms with van der Waals surface area (Å²) in [5.74, 6) is -0.151. The first-order valence-electron chi connectivity index (χ1n) is 10.7. The number of carbonyl (C=O) groups excluding carboxylic acids is 2. The maximum absolute atomic E-state index is 12.9. The van der Waals surface area contributed by atoms with Crippen LogP contribution in [0.25, 0.3) is 0 Å². The zero-order valence-electron chi connectivity index (χ0n) is 17.4. The number of nitrogens with one attached hydrogen (secondary N) is 2. The molecule has 0 radical (unpaired) electrons. The Kier molecular flexibility index (Phi) is 7.20. The van der Waals surface area contributed by atoms with Crippen LogP contribution in [0.15, 0.2) is 17.5 Å². The summed E-state index contributed by atoms with van der Waals surface area (Å²) in [6.45, 7) is 2.22. The molecule has 1 atom stereocenters. The van der Waals surface area contributed by atoms with Crippen LogP contribution in [0.5, 0.6) is 0 Å². The number of hydrogen-bond donors (Lipinski definition) is 2. The van der Waals surface area contributed by atoms with Crippen molar-refractivity contribution in [3.05, 3.63) is 38.4 Å². The van der Waals surface area contributed by atoms with Crippen molar-refractivity contribution in [2.45, 2.75) is 44.6 Å². The number of amides is 2. The summed E-state index contributed by atoms with van der Waals surface area (Å²) < 4.78 is 5.05. The van der Waals surface area contributed by atoms with Crippen molar-refractivity contribution >= 4 is 39.5 Å². The van der Waals surface area contributed by atoms with Crippen molar-refractivity contribution in [3.8, 4) is 0 Å². The Balaban J connectivity index is 1.47. The van der Waals surface area contributed by atoms with Crippen LogP contribution in [0.4, 0.5) is 5.00 Å². The second-order valence-electron chi connectivity index (χ2n) is 7.86. The van der Waals surface area contributed by atoms with E-state index in [0.29, 0.717) is 36.3 Å². The number of ether oxygens (including phenoxy) is 1. The average Bonchev–Trinajstić information content (AvgIpc) is 3.47. The van der Waals surface area contributed by atoms with Gasteiger partial charge in [-0.3, -0.25) is 14.5 Å². The first-order valence-corrected chi connectivity index (χ1v) is 12.4. The predicted octanol–water partition coefficient (Wildman–Crippen LogP) is 3.84. The lowest BCUT2D eigenvalue weighted by Crippen LogP contribution is -2.33. The molecule has 2 aromatic heterocycles. The fourth-order valence-electron chi connectivity index (χ4n) is 4.42. The Morgan fingerprint density at radius 3 is 2.93 bits per heavy atom. The van der Waals surface area contributed by atoms with Crippen molar-refractivity contribution in [2.24, 2.45) is 0 Å². The lowest BCUT2D eigenvalue weighted by atomic mass is 9.95. The van der Waals surface area contributed by atoms with Gasteiger partial charge < -0.3 is 15.4 Å². The van der Waals surface area contributed by atoms with E-state index in [1.165, 1.54) is 9.75 Å². The third-order valence-electron chi connectivity index (χ3n) is 5.83. The van der Waals surface area contributed by atoms with Crippen molar-refractivity contribution in [1.82, 2.24) is 10.2 Å². The number of anilines is 1. The third-order valence-corrected chi connectivity index (χ3v) is 8.01. The molecule has 0 aromatic carbocycles. The molecule has 2 aliphatic rings. The van der Waals surface area contributed by atoms with E-state index in [-0.39, 0.29) is 11.8 Å². The van der Waals surface area contributed by atoms with Crippen molar-refractivity contribution < 1.29 is 14.3 Å². The molecule has 6 nitrogen and oxygen atoms in total. The fourth-order valence-corrected chi connectivity index (χ4v) is 6.62. The number of hydrogen-bond acceptors (Lipinski definition) is 6. The van der Waals surface area contributed by atoms with Gasteiger partial charge in [-0.1, -0.05) is 6.07 Å². The van der Waals surface area contributed by atoms with Gasteiger partial charge in [-0.25, -0.2) is 0 Å². The summed E-state index contributed by atoms with van der Waals surface area (Å²) in [7, 11) is 1.62. The molecule has 1 fully saturated rings. The lowest BCUT2D eigenvalue weighted by Gasteiger charge is -2.22. The SMILES string of the molecule is COCCNC(=O)c1c(NC(=O)CN2CCC[C@H]2c2cccs2)sc2c1CCCC2. The zero-order valence-corrected chi connectivity index (χ0v) is 19.0. The van der Waals surface area contributed by atoms with Crippen LogP contribution < -0.4 is 10.6 Å². The summed E-state index contributed by atoms with van der Waals surface area (Å²) in [6.07, 6.45) is 6.32. The Morgan fingerprint density at radius 2 is 2.13 bits per heavy atom. The molecule has 0 bridgehead atoms. The highest BCUT2D eigenvalue weighted by atomic mass is 32.1. The molecular formula is C22H29N3O3S2. The number of likely N-dealkylation sites (tertiary alicyclic amines) is 1. The van der Waals surface area contributed by atoms with Crippen LogP contribution in [0, 0.1) is 0 Å². The molecule has 0 unspecified atom stereocenters. The first-order chi connectivity index (χ1) is 14.7. The third kappa shape index (κ3) is 4.77. The predicted molar refractivity (Wildman–Crippen MR) is 122 cm³/mol. The molecule has 3 heterocycles. The average molecular weight is 448 g/mol. The van der Waals surface area contributed by atoms with Gasteiger partial charge in [-0.15, -0.1) is 22.7 Å². The number of rotatable bonds is 8. The minimum atomic E-state index is -0.112. The lowest BCUT2D eigenvalue weighted by molar-refractivity contribution is -0.117. The zero-order chi connectivity index (χ0) is 20.9. The number of thiophene rings is 2. The van der Waals surface area contributed by atoms with Gasteiger partial charge in [0.2, 0.25) is 5.91 Å². The molecule has 2 amide bonds. The molecule has 0 spiro atoms. The second-order valence-corrected chi connectivity index (χ2v) is 9.94. The van der Waals surface area contributed by atoms with Gasteiger partial charge in [0, 0.05) is 29.5 Å². The summed E-state index contributed by atoms with van der Waals surface area (Å²) in [4.78, 5) is 30.6. The number of nitrogens with zero attached hydrogens (tertiary/aromatic N) is 1. The smallest absolute Gasteiger partial charge is 0.254 e.